The Morgan fingerprint density at radius 1 is 1.33 bits per heavy atom. The van der Waals surface area contributed by atoms with Gasteiger partial charge in [-0.3, -0.25) is 0 Å². The largest absolute Gasteiger partial charge is 0.620 e. The SMILES string of the molecule is COC1=[N+]([O-])C(C)(C)NC1(C)C. The topological polar surface area (TPSA) is 47.3 Å². The van der Waals surface area contributed by atoms with Gasteiger partial charge in [-0.1, -0.05) is 0 Å². The Morgan fingerprint density at radius 3 is 2.00 bits per heavy atom. The molecule has 0 bridgehead atoms. The molecule has 1 aliphatic heterocycles. The molecule has 0 saturated carbocycles. The molecule has 0 radical (unpaired) electrons. The van der Waals surface area contributed by atoms with Crippen LogP contribution in [0.25, 0.3) is 0 Å². The van der Waals surface area contributed by atoms with Crippen LogP contribution in [0.2, 0.25) is 0 Å². The van der Waals surface area contributed by atoms with E-state index in [1.54, 1.807) is 0 Å². The lowest BCUT2D eigenvalue weighted by atomic mass is 10.1. The highest BCUT2D eigenvalue weighted by molar-refractivity contribution is 5.82. The molecule has 0 spiro atoms. The average molecular weight is 172 g/mol. The minimum absolute atomic E-state index is 0.375. The van der Waals surface area contributed by atoms with Crippen LogP contribution in [-0.4, -0.2) is 28.9 Å². The maximum Gasteiger partial charge on any atom is 0.369 e. The lowest BCUT2D eigenvalue weighted by Gasteiger charge is -2.20. The van der Waals surface area contributed by atoms with Gasteiger partial charge in [0, 0.05) is 13.8 Å². The van der Waals surface area contributed by atoms with Crippen molar-refractivity contribution < 1.29 is 9.48 Å². The van der Waals surface area contributed by atoms with Crippen molar-refractivity contribution in [3.05, 3.63) is 5.21 Å². The first-order chi connectivity index (χ1) is 5.31. The predicted molar refractivity (Wildman–Crippen MR) is 46.9 cm³/mol. The zero-order valence-corrected chi connectivity index (χ0v) is 8.26. The minimum Gasteiger partial charge on any atom is -0.620 e. The Bertz CT molecular complexity index is 231. The standard InChI is InChI=1S/C8H16N2O2/c1-7(2)6(12-5)10(11)8(3,4)9-7/h9H,1-5H3. The quantitative estimate of drug-likeness (QED) is 0.431. The lowest BCUT2D eigenvalue weighted by Crippen LogP contribution is -2.49. The number of methoxy groups -OCH3 is 1. The summed E-state index contributed by atoms with van der Waals surface area (Å²) in [5.74, 6) is 0.438. The second-order valence-corrected chi connectivity index (χ2v) is 4.11. The van der Waals surface area contributed by atoms with Crippen molar-refractivity contribution in [2.75, 3.05) is 7.11 Å². The number of hydrogen-bond acceptors (Lipinski definition) is 3. The van der Waals surface area contributed by atoms with Crippen LogP contribution in [0, 0.1) is 5.21 Å². The van der Waals surface area contributed by atoms with Crippen LogP contribution in [0.5, 0.6) is 0 Å². The maximum absolute atomic E-state index is 11.6. The molecule has 0 aliphatic carbocycles. The molecule has 4 heteroatoms. The molecule has 1 rings (SSSR count). The first-order valence-electron chi connectivity index (χ1n) is 3.99. The molecule has 0 fully saturated rings. The molecular weight excluding hydrogens is 156 g/mol. The van der Waals surface area contributed by atoms with Crippen LogP contribution in [0.4, 0.5) is 0 Å². The van der Waals surface area contributed by atoms with E-state index in [0.717, 1.165) is 4.74 Å². The van der Waals surface area contributed by atoms with Gasteiger partial charge in [0.05, 0.1) is 7.11 Å². The summed E-state index contributed by atoms with van der Waals surface area (Å²) < 4.78 is 5.92. The van der Waals surface area contributed by atoms with Crippen LogP contribution in [0.15, 0.2) is 0 Å². The average Bonchev–Trinajstić information content (AvgIpc) is 1.98. The van der Waals surface area contributed by atoms with E-state index < -0.39 is 5.66 Å². The van der Waals surface area contributed by atoms with Crippen molar-refractivity contribution in [3.63, 3.8) is 0 Å². The van der Waals surface area contributed by atoms with E-state index in [0.29, 0.717) is 5.90 Å². The van der Waals surface area contributed by atoms with Crippen molar-refractivity contribution in [1.29, 1.82) is 0 Å². The van der Waals surface area contributed by atoms with Crippen LogP contribution in [0.3, 0.4) is 0 Å². The second kappa shape index (κ2) is 2.36. The van der Waals surface area contributed by atoms with Gasteiger partial charge in [0.25, 0.3) is 0 Å². The number of rotatable bonds is 0. The Hall–Kier alpha value is -0.770. The summed E-state index contributed by atoms with van der Waals surface area (Å²) in [4.78, 5) is 0. The van der Waals surface area contributed by atoms with Gasteiger partial charge in [0.15, 0.2) is 0 Å². The minimum atomic E-state index is -0.575. The molecule has 0 amide bonds. The van der Waals surface area contributed by atoms with Crippen LogP contribution < -0.4 is 5.32 Å². The molecule has 1 aliphatic rings. The van der Waals surface area contributed by atoms with Gasteiger partial charge < -0.3 is 9.94 Å². The molecule has 0 saturated heterocycles. The molecule has 70 valence electrons. The van der Waals surface area contributed by atoms with Crippen LogP contribution in [0.1, 0.15) is 27.7 Å². The molecule has 1 N–H and O–H groups in total. The summed E-state index contributed by atoms with van der Waals surface area (Å²) >= 11 is 0. The van der Waals surface area contributed by atoms with E-state index in [2.05, 4.69) is 5.32 Å². The van der Waals surface area contributed by atoms with Crippen molar-refractivity contribution >= 4 is 5.90 Å². The van der Waals surface area contributed by atoms with E-state index in [1.165, 1.54) is 7.11 Å². The van der Waals surface area contributed by atoms with Crippen molar-refractivity contribution in [3.8, 4) is 0 Å². The molecule has 12 heavy (non-hydrogen) atoms. The summed E-state index contributed by atoms with van der Waals surface area (Å²) in [6, 6.07) is 0. The summed E-state index contributed by atoms with van der Waals surface area (Å²) in [6.07, 6.45) is 0. The Kier molecular flexibility index (Phi) is 1.83. The van der Waals surface area contributed by atoms with Gasteiger partial charge in [-0.05, 0) is 13.8 Å². The highest BCUT2D eigenvalue weighted by Gasteiger charge is 2.50. The van der Waals surface area contributed by atoms with Gasteiger partial charge in [0.2, 0.25) is 5.66 Å². The molecule has 4 nitrogen and oxygen atoms in total. The fourth-order valence-electron chi connectivity index (χ4n) is 1.71. The van der Waals surface area contributed by atoms with Gasteiger partial charge in [-0.25, -0.2) is 5.32 Å². The van der Waals surface area contributed by atoms with Gasteiger partial charge in [0.1, 0.15) is 5.54 Å². The van der Waals surface area contributed by atoms with Gasteiger partial charge >= 0.3 is 5.90 Å². The third-order valence-corrected chi connectivity index (χ3v) is 2.04. The van der Waals surface area contributed by atoms with E-state index in [-0.39, 0.29) is 5.54 Å². The smallest absolute Gasteiger partial charge is 0.369 e. The van der Waals surface area contributed by atoms with Gasteiger partial charge in [-0.2, -0.15) is 4.74 Å². The first-order valence-corrected chi connectivity index (χ1v) is 3.99. The normalized spacial score (nSPS) is 26.1. The molecule has 1 heterocycles. The highest BCUT2D eigenvalue weighted by Crippen LogP contribution is 2.22. The summed E-state index contributed by atoms with van der Waals surface area (Å²) in [7, 11) is 1.52. The molecular formula is C8H16N2O2. The van der Waals surface area contributed by atoms with Gasteiger partial charge in [-0.15, -0.1) is 0 Å². The third kappa shape index (κ3) is 1.16. The van der Waals surface area contributed by atoms with Crippen LogP contribution in [-0.2, 0) is 4.74 Å². The van der Waals surface area contributed by atoms with E-state index in [4.69, 9.17) is 4.74 Å². The zero-order valence-electron chi connectivity index (χ0n) is 8.26. The van der Waals surface area contributed by atoms with Crippen molar-refractivity contribution in [1.82, 2.24) is 5.32 Å². The zero-order chi connectivity index (χ0) is 9.57. The number of nitrogens with zero attached hydrogens (tertiary/aromatic N) is 1. The number of ether oxygens (including phenoxy) is 1. The molecule has 0 aromatic carbocycles. The van der Waals surface area contributed by atoms with Crippen molar-refractivity contribution in [2.45, 2.75) is 38.9 Å². The first kappa shape index (κ1) is 9.32. The Labute approximate surface area is 72.8 Å². The number of hydrogen-bond donors (Lipinski definition) is 1. The number of nitrogens with one attached hydrogen (secondary N) is 1. The molecule has 0 aromatic heterocycles. The maximum atomic E-state index is 11.6. The van der Waals surface area contributed by atoms with E-state index in [1.807, 2.05) is 27.7 Å². The number of hydroxylamine groups is 1. The summed E-state index contributed by atoms with van der Waals surface area (Å²) in [6.45, 7) is 7.50. The van der Waals surface area contributed by atoms with Crippen molar-refractivity contribution in [2.24, 2.45) is 0 Å². The fraction of sp³-hybridized carbons (Fsp3) is 0.875. The molecule has 0 unspecified atom stereocenters. The van der Waals surface area contributed by atoms with Crippen LogP contribution >= 0.6 is 0 Å². The lowest BCUT2D eigenvalue weighted by molar-refractivity contribution is -0.543. The van der Waals surface area contributed by atoms with E-state index in [9.17, 15) is 5.21 Å². The molecule has 0 aromatic rings. The Morgan fingerprint density at radius 2 is 1.83 bits per heavy atom. The predicted octanol–water partition coefficient (Wildman–Crippen LogP) is 0.659. The molecule has 0 atom stereocenters. The second-order valence-electron chi connectivity index (χ2n) is 4.11. The monoisotopic (exact) mass is 172 g/mol. The third-order valence-electron chi connectivity index (χ3n) is 2.04. The Balaban J connectivity index is 3.10. The summed E-state index contributed by atoms with van der Waals surface area (Å²) in [5.41, 5.74) is -0.950. The fourth-order valence-corrected chi connectivity index (χ4v) is 1.71. The summed E-state index contributed by atoms with van der Waals surface area (Å²) in [5, 5.41) is 14.7. The highest BCUT2D eigenvalue weighted by atomic mass is 16.6. The van der Waals surface area contributed by atoms with E-state index >= 15 is 0 Å².